The predicted octanol–water partition coefficient (Wildman–Crippen LogP) is 1.20. The second-order valence-electron chi connectivity index (χ2n) is 4.25. The zero-order valence-corrected chi connectivity index (χ0v) is 10.6. The van der Waals surface area contributed by atoms with Crippen LogP contribution in [0.15, 0.2) is 42.7 Å². The summed E-state index contributed by atoms with van der Waals surface area (Å²) >= 11 is 0. The molecule has 1 heterocycles. The quantitative estimate of drug-likeness (QED) is 0.864. The lowest BCUT2D eigenvalue weighted by molar-refractivity contribution is 0.0118. The molecule has 2 rings (SSSR count). The first-order chi connectivity index (χ1) is 9.52. The standard InChI is InChI=1S/C13H14F2N4O/c14-13(15,8-16)9-17-12(20)10-6-18-19(7-10)11-4-2-1-3-5-11/h1-7H,8-9,16H2,(H,17,20). The number of carbonyl (C=O) groups excluding carboxylic acids is 1. The molecule has 20 heavy (non-hydrogen) atoms. The molecule has 1 aromatic heterocycles. The summed E-state index contributed by atoms with van der Waals surface area (Å²) in [7, 11) is 0. The summed E-state index contributed by atoms with van der Waals surface area (Å²) in [6.45, 7) is -1.60. The minimum atomic E-state index is -3.11. The van der Waals surface area contributed by atoms with Crippen LogP contribution in [0, 0.1) is 0 Å². The van der Waals surface area contributed by atoms with Crippen LogP contribution in [0.25, 0.3) is 5.69 Å². The maximum absolute atomic E-state index is 12.9. The zero-order chi connectivity index (χ0) is 14.6. The number of nitrogens with zero attached hydrogens (tertiary/aromatic N) is 2. The van der Waals surface area contributed by atoms with Gasteiger partial charge in [0.2, 0.25) is 0 Å². The number of nitrogens with two attached hydrogens (primary N) is 1. The molecular formula is C13H14F2N4O. The molecule has 0 fully saturated rings. The van der Waals surface area contributed by atoms with Gasteiger partial charge in [-0.25, -0.2) is 13.5 Å². The SMILES string of the molecule is NCC(F)(F)CNC(=O)c1cnn(-c2ccccc2)c1. The molecule has 106 valence electrons. The van der Waals surface area contributed by atoms with E-state index >= 15 is 0 Å². The van der Waals surface area contributed by atoms with E-state index in [1.54, 1.807) is 0 Å². The van der Waals surface area contributed by atoms with E-state index in [1.165, 1.54) is 17.1 Å². The summed E-state index contributed by atoms with van der Waals surface area (Å²) < 4.78 is 27.4. The van der Waals surface area contributed by atoms with Gasteiger partial charge in [-0.15, -0.1) is 0 Å². The Kier molecular flexibility index (Phi) is 4.09. The van der Waals surface area contributed by atoms with Gasteiger partial charge in [0.15, 0.2) is 0 Å². The molecule has 1 aromatic carbocycles. The van der Waals surface area contributed by atoms with Crippen LogP contribution in [-0.4, -0.2) is 34.7 Å². The number of aromatic nitrogens is 2. The van der Waals surface area contributed by atoms with E-state index in [1.807, 2.05) is 30.3 Å². The van der Waals surface area contributed by atoms with Gasteiger partial charge in [0.1, 0.15) is 0 Å². The minimum Gasteiger partial charge on any atom is -0.346 e. The third-order valence-electron chi connectivity index (χ3n) is 2.67. The van der Waals surface area contributed by atoms with Crippen molar-refractivity contribution in [1.29, 1.82) is 0 Å². The van der Waals surface area contributed by atoms with E-state index in [-0.39, 0.29) is 5.56 Å². The number of carbonyl (C=O) groups is 1. The topological polar surface area (TPSA) is 72.9 Å². The number of amides is 1. The Hall–Kier alpha value is -2.28. The number of hydrogen-bond donors (Lipinski definition) is 2. The van der Waals surface area contributed by atoms with Crippen LogP contribution in [-0.2, 0) is 0 Å². The summed E-state index contributed by atoms with van der Waals surface area (Å²) in [6.07, 6.45) is 2.80. The second-order valence-corrected chi connectivity index (χ2v) is 4.25. The van der Waals surface area contributed by atoms with E-state index in [0.717, 1.165) is 5.69 Å². The Labute approximate surface area is 114 Å². The van der Waals surface area contributed by atoms with Crippen LogP contribution in [0.1, 0.15) is 10.4 Å². The lowest BCUT2D eigenvalue weighted by atomic mass is 10.3. The molecule has 0 unspecified atom stereocenters. The van der Waals surface area contributed by atoms with Crippen molar-refractivity contribution >= 4 is 5.91 Å². The van der Waals surface area contributed by atoms with Gasteiger partial charge in [-0.2, -0.15) is 5.10 Å². The lowest BCUT2D eigenvalue weighted by Gasteiger charge is -2.13. The molecule has 2 aromatic rings. The maximum Gasteiger partial charge on any atom is 0.277 e. The first-order valence-corrected chi connectivity index (χ1v) is 5.98. The number of para-hydroxylation sites is 1. The van der Waals surface area contributed by atoms with Crippen LogP contribution in [0.2, 0.25) is 0 Å². The molecule has 0 aliphatic rings. The first kappa shape index (κ1) is 14.1. The van der Waals surface area contributed by atoms with Crippen molar-refractivity contribution in [2.75, 3.05) is 13.1 Å². The van der Waals surface area contributed by atoms with Crippen molar-refractivity contribution in [1.82, 2.24) is 15.1 Å². The van der Waals surface area contributed by atoms with Crippen LogP contribution >= 0.6 is 0 Å². The van der Waals surface area contributed by atoms with Crippen molar-refractivity contribution in [3.05, 3.63) is 48.3 Å². The third-order valence-corrected chi connectivity index (χ3v) is 2.67. The zero-order valence-electron chi connectivity index (χ0n) is 10.6. The number of halogens is 2. The van der Waals surface area contributed by atoms with Gasteiger partial charge in [0, 0.05) is 6.20 Å². The second kappa shape index (κ2) is 5.79. The predicted molar refractivity (Wildman–Crippen MR) is 69.9 cm³/mol. The van der Waals surface area contributed by atoms with E-state index < -0.39 is 24.9 Å². The van der Waals surface area contributed by atoms with Gasteiger partial charge in [-0.1, -0.05) is 18.2 Å². The van der Waals surface area contributed by atoms with Crippen molar-refractivity contribution in [2.24, 2.45) is 5.73 Å². The highest BCUT2D eigenvalue weighted by Crippen LogP contribution is 2.10. The molecule has 5 nitrogen and oxygen atoms in total. The van der Waals surface area contributed by atoms with Gasteiger partial charge in [0.25, 0.3) is 11.8 Å². The van der Waals surface area contributed by atoms with Crippen LogP contribution < -0.4 is 11.1 Å². The van der Waals surface area contributed by atoms with Crippen molar-refractivity contribution in [3.8, 4) is 5.69 Å². The molecule has 0 aliphatic carbocycles. The number of nitrogens with one attached hydrogen (secondary N) is 1. The molecule has 0 saturated carbocycles. The fraction of sp³-hybridized carbons (Fsp3) is 0.231. The maximum atomic E-state index is 12.9. The number of alkyl halides is 2. The van der Waals surface area contributed by atoms with Crippen molar-refractivity contribution in [3.63, 3.8) is 0 Å². The fourth-order valence-electron chi connectivity index (χ4n) is 1.55. The summed E-state index contributed by atoms with van der Waals surface area (Å²) in [5.41, 5.74) is 5.88. The highest BCUT2D eigenvalue weighted by Gasteiger charge is 2.27. The lowest BCUT2D eigenvalue weighted by Crippen LogP contribution is -2.41. The average molecular weight is 280 g/mol. The molecule has 7 heteroatoms. The fourth-order valence-corrected chi connectivity index (χ4v) is 1.55. The highest BCUT2D eigenvalue weighted by molar-refractivity contribution is 5.93. The largest absolute Gasteiger partial charge is 0.346 e. The van der Waals surface area contributed by atoms with Crippen molar-refractivity contribution in [2.45, 2.75) is 5.92 Å². The molecule has 1 amide bonds. The third kappa shape index (κ3) is 3.39. The normalized spacial score (nSPS) is 11.3. The summed E-state index contributed by atoms with van der Waals surface area (Å²) in [5, 5.41) is 6.15. The monoisotopic (exact) mass is 280 g/mol. The Balaban J connectivity index is 2.04. The van der Waals surface area contributed by atoms with Gasteiger partial charge >= 0.3 is 0 Å². The van der Waals surface area contributed by atoms with Gasteiger partial charge in [0.05, 0.1) is 30.5 Å². The van der Waals surface area contributed by atoms with Crippen LogP contribution in [0.4, 0.5) is 8.78 Å². The van der Waals surface area contributed by atoms with Gasteiger partial charge in [-0.3, -0.25) is 4.79 Å². The average Bonchev–Trinajstić information content (AvgIpc) is 2.96. The van der Waals surface area contributed by atoms with E-state index in [0.29, 0.717) is 0 Å². The van der Waals surface area contributed by atoms with E-state index in [9.17, 15) is 13.6 Å². The first-order valence-electron chi connectivity index (χ1n) is 5.98. The molecule has 0 atom stereocenters. The van der Waals surface area contributed by atoms with Crippen LogP contribution in [0.5, 0.6) is 0 Å². The molecule has 0 spiro atoms. The summed E-state index contributed by atoms with van der Waals surface area (Å²) in [6, 6.07) is 9.15. The number of hydrogen-bond acceptors (Lipinski definition) is 3. The Morgan fingerprint density at radius 3 is 2.70 bits per heavy atom. The summed E-state index contributed by atoms with van der Waals surface area (Å²) in [4.78, 5) is 11.7. The summed E-state index contributed by atoms with van der Waals surface area (Å²) in [5.74, 6) is -3.72. The van der Waals surface area contributed by atoms with E-state index in [4.69, 9.17) is 5.73 Å². The molecule has 0 aliphatic heterocycles. The number of benzene rings is 1. The molecule has 0 bridgehead atoms. The number of rotatable bonds is 5. The molecule has 0 radical (unpaired) electrons. The van der Waals surface area contributed by atoms with Gasteiger partial charge < -0.3 is 11.1 Å². The van der Waals surface area contributed by atoms with Crippen LogP contribution in [0.3, 0.4) is 0 Å². The van der Waals surface area contributed by atoms with E-state index in [2.05, 4.69) is 10.4 Å². The van der Waals surface area contributed by atoms with Crippen molar-refractivity contribution < 1.29 is 13.6 Å². The Bertz CT molecular complexity index is 583. The Morgan fingerprint density at radius 2 is 2.05 bits per heavy atom. The van der Waals surface area contributed by atoms with Gasteiger partial charge in [-0.05, 0) is 12.1 Å². The molecule has 0 saturated heterocycles. The minimum absolute atomic E-state index is 0.210. The highest BCUT2D eigenvalue weighted by atomic mass is 19.3. The molecular weight excluding hydrogens is 266 g/mol. The smallest absolute Gasteiger partial charge is 0.277 e. The molecule has 3 N–H and O–H groups in total. The Morgan fingerprint density at radius 1 is 1.35 bits per heavy atom.